The van der Waals surface area contributed by atoms with Gasteiger partial charge in [-0.25, -0.2) is 4.79 Å². The van der Waals surface area contributed by atoms with Gasteiger partial charge in [0.2, 0.25) is 0 Å². The van der Waals surface area contributed by atoms with Crippen molar-refractivity contribution in [2.75, 3.05) is 7.05 Å². The molecule has 2 rings (SSSR count). The summed E-state index contributed by atoms with van der Waals surface area (Å²) in [6, 6.07) is 5.85. The molecule has 0 saturated carbocycles. The highest BCUT2D eigenvalue weighted by molar-refractivity contribution is 5.74. The summed E-state index contributed by atoms with van der Waals surface area (Å²) in [5, 5.41) is 3.05. The molecule has 0 radical (unpaired) electrons. The van der Waals surface area contributed by atoms with Crippen molar-refractivity contribution in [1.29, 1.82) is 0 Å². The van der Waals surface area contributed by atoms with Gasteiger partial charge in [-0.2, -0.15) is 0 Å². The Bertz CT molecular complexity index is 480. The summed E-state index contributed by atoms with van der Waals surface area (Å²) in [5.74, 6) is 0. The molecule has 13 heavy (non-hydrogen) atoms. The SMILES string of the molecule is CNCc1ccc2[nH]c(=O)[nH]c2c1.[HH].[HH].[HH]. The molecule has 0 fully saturated rings. The van der Waals surface area contributed by atoms with Crippen molar-refractivity contribution in [2.45, 2.75) is 6.54 Å². The van der Waals surface area contributed by atoms with E-state index in [1.807, 2.05) is 25.2 Å². The van der Waals surface area contributed by atoms with Gasteiger partial charge in [-0.1, -0.05) is 6.07 Å². The van der Waals surface area contributed by atoms with Crippen molar-refractivity contribution in [3.63, 3.8) is 0 Å². The highest BCUT2D eigenvalue weighted by Gasteiger charge is 1.98. The summed E-state index contributed by atoms with van der Waals surface area (Å²) < 4.78 is 0. The maximum atomic E-state index is 10.9. The zero-order valence-corrected chi connectivity index (χ0v) is 7.35. The van der Waals surface area contributed by atoms with Crippen molar-refractivity contribution in [1.82, 2.24) is 15.3 Å². The Labute approximate surface area is 79.4 Å². The topological polar surface area (TPSA) is 60.7 Å². The molecule has 3 N–H and O–H groups in total. The van der Waals surface area contributed by atoms with Crippen LogP contribution in [0.1, 0.15) is 9.84 Å². The molecule has 0 spiro atoms. The molecule has 0 aliphatic rings. The Morgan fingerprint density at radius 3 is 2.92 bits per heavy atom. The van der Waals surface area contributed by atoms with Gasteiger partial charge in [0.25, 0.3) is 0 Å². The number of hydrogen-bond acceptors (Lipinski definition) is 2. The number of benzene rings is 1. The molecule has 0 atom stereocenters. The van der Waals surface area contributed by atoms with Crippen LogP contribution in [-0.4, -0.2) is 17.0 Å². The first kappa shape index (κ1) is 8.07. The minimum Gasteiger partial charge on any atom is -0.316 e. The van der Waals surface area contributed by atoms with E-state index < -0.39 is 0 Å². The van der Waals surface area contributed by atoms with E-state index in [9.17, 15) is 4.79 Å². The van der Waals surface area contributed by atoms with Crippen molar-refractivity contribution >= 4 is 11.0 Å². The number of fused-ring (bicyclic) bond motifs is 1. The van der Waals surface area contributed by atoms with Crippen LogP contribution in [0, 0.1) is 0 Å². The van der Waals surface area contributed by atoms with Gasteiger partial charge in [-0.3, -0.25) is 0 Å². The molecule has 1 heterocycles. The molecule has 74 valence electrons. The van der Waals surface area contributed by atoms with Gasteiger partial charge in [0, 0.05) is 10.8 Å². The number of hydrogen-bond donors (Lipinski definition) is 3. The summed E-state index contributed by atoms with van der Waals surface area (Å²) >= 11 is 0. The molecule has 1 aromatic heterocycles. The Hall–Kier alpha value is -1.55. The fourth-order valence-electron chi connectivity index (χ4n) is 1.39. The first-order valence-corrected chi connectivity index (χ1v) is 4.15. The molecule has 0 bridgehead atoms. The fourth-order valence-corrected chi connectivity index (χ4v) is 1.39. The van der Waals surface area contributed by atoms with E-state index in [4.69, 9.17) is 0 Å². The Kier molecular flexibility index (Phi) is 1.90. The molecule has 1 aromatic carbocycles. The molecular formula is C9H17N3O. The van der Waals surface area contributed by atoms with Gasteiger partial charge in [-0.05, 0) is 24.7 Å². The molecule has 0 saturated heterocycles. The lowest BCUT2D eigenvalue weighted by Crippen LogP contribution is -2.04. The quantitative estimate of drug-likeness (QED) is 0.657. The molecule has 2 aromatic rings. The lowest BCUT2D eigenvalue weighted by molar-refractivity contribution is 0.819. The van der Waals surface area contributed by atoms with Crippen molar-refractivity contribution in [3.05, 3.63) is 34.2 Å². The average Bonchev–Trinajstić information content (AvgIpc) is 2.44. The third kappa shape index (κ3) is 1.48. The van der Waals surface area contributed by atoms with Crippen LogP contribution >= 0.6 is 0 Å². The predicted octanol–water partition coefficient (Wildman–Crippen LogP) is 1.31. The molecule has 0 aliphatic carbocycles. The van der Waals surface area contributed by atoms with E-state index in [0.717, 1.165) is 23.1 Å². The largest absolute Gasteiger partial charge is 0.323 e. The highest BCUT2D eigenvalue weighted by atomic mass is 16.1. The first-order valence-electron chi connectivity index (χ1n) is 4.15. The number of aromatic amines is 2. The smallest absolute Gasteiger partial charge is 0.316 e. The van der Waals surface area contributed by atoms with E-state index in [2.05, 4.69) is 15.3 Å². The number of H-pyrrole nitrogens is 2. The summed E-state index contributed by atoms with van der Waals surface area (Å²) in [4.78, 5) is 16.3. The molecule has 0 aliphatic heterocycles. The maximum Gasteiger partial charge on any atom is 0.323 e. The molecule has 0 amide bonds. The molecule has 0 unspecified atom stereocenters. The third-order valence-electron chi connectivity index (χ3n) is 1.96. The molecule has 4 nitrogen and oxygen atoms in total. The maximum absolute atomic E-state index is 10.9. The van der Waals surface area contributed by atoms with Crippen LogP contribution in [0.4, 0.5) is 0 Å². The van der Waals surface area contributed by atoms with Crippen molar-refractivity contribution < 1.29 is 4.28 Å². The van der Waals surface area contributed by atoms with Gasteiger partial charge in [0.1, 0.15) is 0 Å². The molecular weight excluding hydrogens is 166 g/mol. The Morgan fingerprint density at radius 2 is 2.15 bits per heavy atom. The van der Waals surface area contributed by atoms with Crippen LogP contribution in [0.3, 0.4) is 0 Å². The highest BCUT2D eigenvalue weighted by Crippen LogP contribution is 2.09. The minimum absolute atomic E-state index is 0. The van der Waals surface area contributed by atoms with Crippen molar-refractivity contribution in [2.24, 2.45) is 0 Å². The normalized spacial score (nSPS) is 10.8. The van der Waals surface area contributed by atoms with E-state index in [0.29, 0.717) is 0 Å². The van der Waals surface area contributed by atoms with Crippen LogP contribution in [0.2, 0.25) is 0 Å². The van der Waals surface area contributed by atoms with Crippen molar-refractivity contribution in [3.8, 4) is 0 Å². The lowest BCUT2D eigenvalue weighted by atomic mass is 10.2. The first-order chi connectivity index (χ1) is 6.29. The van der Waals surface area contributed by atoms with Gasteiger partial charge in [-0.15, -0.1) is 0 Å². The average molecular weight is 183 g/mol. The number of nitrogens with one attached hydrogen (secondary N) is 3. The van der Waals surface area contributed by atoms with Gasteiger partial charge in [0.15, 0.2) is 0 Å². The second-order valence-electron chi connectivity index (χ2n) is 2.99. The van der Waals surface area contributed by atoms with E-state index in [1.165, 1.54) is 0 Å². The second-order valence-corrected chi connectivity index (χ2v) is 2.99. The van der Waals surface area contributed by atoms with Gasteiger partial charge < -0.3 is 15.3 Å². The Morgan fingerprint density at radius 1 is 1.38 bits per heavy atom. The summed E-state index contributed by atoms with van der Waals surface area (Å²) in [7, 11) is 1.89. The van der Waals surface area contributed by atoms with E-state index in [-0.39, 0.29) is 9.97 Å². The molecule has 4 heteroatoms. The van der Waals surface area contributed by atoms with Gasteiger partial charge >= 0.3 is 5.69 Å². The minimum atomic E-state index is -0.156. The fraction of sp³-hybridized carbons (Fsp3) is 0.222. The second kappa shape index (κ2) is 3.06. The summed E-state index contributed by atoms with van der Waals surface area (Å²) in [5.41, 5.74) is 2.71. The lowest BCUT2D eigenvalue weighted by Gasteiger charge is -1.98. The van der Waals surface area contributed by atoms with E-state index >= 15 is 0 Å². The van der Waals surface area contributed by atoms with E-state index in [1.54, 1.807) is 0 Å². The number of imidazole rings is 1. The number of aromatic nitrogens is 2. The van der Waals surface area contributed by atoms with Crippen LogP contribution in [0.5, 0.6) is 0 Å². The Balaban J connectivity index is 0. The van der Waals surface area contributed by atoms with Crippen LogP contribution in [0.15, 0.2) is 23.0 Å². The zero-order chi connectivity index (χ0) is 9.26. The predicted molar refractivity (Wildman–Crippen MR) is 58.0 cm³/mol. The van der Waals surface area contributed by atoms with Crippen LogP contribution in [0.25, 0.3) is 11.0 Å². The number of rotatable bonds is 2. The zero-order valence-electron chi connectivity index (χ0n) is 7.35. The monoisotopic (exact) mass is 183 g/mol. The third-order valence-corrected chi connectivity index (χ3v) is 1.96. The van der Waals surface area contributed by atoms with Gasteiger partial charge in [0.05, 0.1) is 11.0 Å². The van der Waals surface area contributed by atoms with Crippen LogP contribution in [-0.2, 0) is 6.54 Å². The summed E-state index contributed by atoms with van der Waals surface area (Å²) in [6.45, 7) is 0.809. The van der Waals surface area contributed by atoms with Crippen LogP contribution < -0.4 is 11.0 Å². The summed E-state index contributed by atoms with van der Waals surface area (Å²) in [6.07, 6.45) is 0. The standard InChI is InChI=1S/C9H11N3O.3H2/c1-10-5-6-2-3-7-8(4-6)12-9(13)11-7;;;/h2-4,10H,5H2,1H3,(H2,11,12,13);3*1H.